The van der Waals surface area contributed by atoms with Crippen molar-refractivity contribution in [3.8, 4) is 0 Å². The van der Waals surface area contributed by atoms with Gasteiger partial charge in [-0.05, 0) is 17.7 Å². The Labute approximate surface area is 185 Å². The lowest BCUT2D eigenvalue weighted by atomic mass is 9.98. The quantitative estimate of drug-likeness (QED) is 0.544. The van der Waals surface area contributed by atoms with Gasteiger partial charge < -0.3 is 9.47 Å². The van der Waals surface area contributed by atoms with Crippen LogP contribution in [0.1, 0.15) is 38.1 Å². The normalized spacial score (nSPS) is 16.2. The first kappa shape index (κ1) is 21.7. The minimum atomic E-state index is -3.92. The molecule has 0 radical (unpaired) electrons. The molecule has 1 aliphatic heterocycles. The number of aromatic nitrogens is 2. The Kier molecular flexibility index (Phi) is 5.81. The van der Waals surface area contributed by atoms with E-state index < -0.39 is 28.0 Å². The molecule has 3 aromatic rings. The Morgan fingerprint density at radius 2 is 1.53 bits per heavy atom. The lowest BCUT2D eigenvalue weighted by Crippen LogP contribution is -2.42. The van der Waals surface area contributed by atoms with Gasteiger partial charge >= 0.3 is 11.9 Å². The molecule has 10 heteroatoms. The predicted molar refractivity (Wildman–Crippen MR) is 113 cm³/mol. The van der Waals surface area contributed by atoms with Gasteiger partial charge in [0.25, 0.3) is 0 Å². The summed E-state index contributed by atoms with van der Waals surface area (Å²) in [5, 5.41) is 4.21. The molecule has 0 aliphatic carbocycles. The molecule has 9 nitrogen and oxygen atoms in total. The molecule has 0 saturated carbocycles. The van der Waals surface area contributed by atoms with E-state index in [1.165, 1.54) is 35.3 Å². The number of hydrogen-bond acceptors (Lipinski definition) is 7. The Morgan fingerprint density at radius 3 is 2.12 bits per heavy atom. The summed E-state index contributed by atoms with van der Waals surface area (Å²) in [4.78, 5) is 24.9. The highest BCUT2D eigenvalue weighted by atomic mass is 32.2. The van der Waals surface area contributed by atoms with Gasteiger partial charge in [0.05, 0.1) is 30.9 Å². The summed E-state index contributed by atoms with van der Waals surface area (Å²) < 4.78 is 39.4. The van der Waals surface area contributed by atoms with Gasteiger partial charge in [-0.15, -0.1) is 0 Å². The molecule has 2 aromatic carbocycles. The molecule has 2 heterocycles. The van der Waals surface area contributed by atoms with Crippen molar-refractivity contribution in [2.45, 2.75) is 24.0 Å². The number of hydrogen-bond donors (Lipinski definition) is 0. The molecule has 32 heavy (non-hydrogen) atoms. The van der Waals surface area contributed by atoms with Crippen LogP contribution in [-0.4, -0.2) is 48.7 Å². The number of rotatable bonds is 5. The fourth-order valence-corrected chi connectivity index (χ4v) is 5.39. The van der Waals surface area contributed by atoms with Crippen LogP contribution in [0.15, 0.2) is 65.6 Å². The van der Waals surface area contributed by atoms with E-state index in [0.717, 1.165) is 5.56 Å². The number of methoxy groups -OCH3 is 2. The number of benzene rings is 2. The maximum absolute atomic E-state index is 13.6. The second kappa shape index (κ2) is 8.56. The molecule has 1 aliphatic rings. The molecular formula is C22H21N3O6S. The van der Waals surface area contributed by atoms with E-state index in [9.17, 15) is 18.0 Å². The monoisotopic (exact) mass is 455 g/mol. The molecule has 0 fully saturated rings. The number of ether oxygens (including phenoxy) is 2. The maximum Gasteiger partial charge on any atom is 0.359 e. The van der Waals surface area contributed by atoms with Gasteiger partial charge in [0.1, 0.15) is 12.2 Å². The van der Waals surface area contributed by atoms with E-state index in [-0.39, 0.29) is 29.2 Å². The van der Waals surface area contributed by atoms with Gasteiger partial charge in [-0.1, -0.05) is 48.5 Å². The molecular weight excluding hydrogens is 434 g/mol. The Bertz CT molecular complexity index is 1260. The Morgan fingerprint density at radius 1 is 0.938 bits per heavy atom. The lowest BCUT2D eigenvalue weighted by Gasteiger charge is -2.35. The van der Waals surface area contributed by atoms with Gasteiger partial charge in [0, 0.05) is 6.42 Å². The fourth-order valence-electron chi connectivity index (χ4n) is 3.82. The average Bonchev–Trinajstić information content (AvgIpc) is 3.22. The smallest absolute Gasteiger partial charge is 0.359 e. The van der Waals surface area contributed by atoms with Gasteiger partial charge in [-0.3, -0.25) is 4.68 Å². The van der Waals surface area contributed by atoms with Gasteiger partial charge in [0.2, 0.25) is 10.0 Å². The number of esters is 2. The van der Waals surface area contributed by atoms with Crippen LogP contribution in [0.4, 0.5) is 0 Å². The van der Waals surface area contributed by atoms with Crippen molar-refractivity contribution in [1.29, 1.82) is 0 Å². The third-order valence-corrected chi connectivity index (χ3v) is 7.22. The summed E-state index contributed by atoms with van der Waals surface area (Å²) >= 11 is 0. The zero-order valence-electron chi connectivity index (χ0n) is 17.5. The molecule has 4 rings (SSSR count). The molecule has 0 spiro atoms. The van der Waals surface area contributed by atoms with Crippen LogP contribution in [0.2, 0.25) is 0 Å². The van der Waals surface area contributed by atoms with Gasteiger partial charge in [-0.25, -0.2) is 18.0 Å². The summed E-state index contributed by atoms with van der Waals surface area (Å²) in [6.07, 6.45) is 0.116. The number of sulfonamides is 1. The second-order valence-electron chi connectivity index (χ2n) is 7.13. The van der Waals surface area contributed by atoms with E-state index in [4.69, 9.17) is 9.47 Å². The Balaban J connectivity index is 1.90. The molecule has 0 bridgehead atoms. The first-order chi connectivity index (χ1) is 15.4. The zero-order valence-corrected chi connectivity index (χ0v) is 18.3. The minimum absolute atomic E-state index is 0.0166. The van der Waals surface area contributed by atoms with Crippen LogP contribution >= 0.6 is 0 Å². The van der Waals surface area contributed by atoms with E-state index >= 15 is 0 Å². The number of fused-ring (bicyclic) bond motifs is 1. The van der Waals surface area contributed by atoms with Crippen LogP contribution in [-0.2, 0) is 32.6 Å². The highest BCUT2D eigenvalue weighted by Gasteiger charge is 2.41. The van der Waals surface area contributed by atoms with Crippen molar-refractivity contribution in [3.05, 3.63) is 83.2 Å². The van der Waals surface area contributed by atoms with Crippen LogP contribution in [0.3, 0.4) is 0 Å². The van der Waals surface area contributed by atoms with Crippen molar-refractivity contribution in [2.24, 2.45) is 0 Å². The van der Waals surface area contributed by atoms with Crippen LogP contribution in [0.25, 0.3) is 0 Å². The predicted octanol–water partition coefficient (Wildman–Crippen LogP) is 2.40. The summed E-state index contributed by atoms with van der Waals surface area (Å²) in [7, 11) is -1.53. The topological polar surface area (TPSA) is 108 Å². The summed E-state index contributed by atoms with van der Waals surface area (Å²) in [6.45, 7) is -0.187. The second-order valence-corrected chi connectivity index (χ2v) is 9.02. The van der Waals surface area contributed by atoms with Gasteiger partial charge in [0.15, 0.2) is 5.69 Å². The van der Waals surface area contributed by atoms with E-state index in [1.807, 2.05) is 30.3 Å². The highest BCUT2D eigenvalue weighted by molar-refractivity contribution is 7.89. The largest absolute Gasteiger partial charge is 0.465 e. The molecule has 0 N–H and O–H groups in total. The van der Waals surface area contributed by atoms with Crippen molar-refractivity contribution in [1.82, 2.24) is 14.1 Å². The lowest BCUT2D eigenvalue weighted by molar-refractivity contribution is 0.0551. The minimum Gasteiger partial charge on any atom is -0.465 e. The van der Waals surface area contributed by atoms with Crippen LogP contribution in [0.5, 0.6) is 0 Å². The van der Waals surface area contributed by atoms with Gasteiger partial charge in [-0.2, -0.15) is 9.40 Å². The van der Waals surface area contributed by atoms with Crippen LogP contribution < -0.4 is 0 Å². The third-order valence-electron chi connectivity index (χ3n) is 5.37. The first-order valence-electron chi connectivity index (χ1n) is 9.76. The van der Waals surface area contributed by atoms with Crippen molar-refractivity contribution in [2.75, 3.05) is 14.2 Å². The Hall–Kier alpha value is -3.50. The maximum atomic E-state index is 13.6. The first-order valence-corrected chi connectivity index (χ1v) is 11.2. The highest BCUT2D eigenvalue weighted by Crippen LogP contribution is 2.36. The van der Waals surface area contributed by atoms with Crippen molar-refractivity contribution < 1.29 is 27.5 Å². The summed E-state index contributed by atoms with van der Waals surface area (Å²) in [6, 6.07) is 16.6. The molecule has 1 unspecified atom stereocenters. The third kappa shape index (κ3) is 3.67. The van der Waals surface area contributed by atoms with E-state index in [2.05, 4.69) is 5.10 Å². The summed E-state index contributed by atoms with van der Waals surface area (Å²) in [5.74, 6) is -1.54. The van der Waals surface area contributed by atoms with Crippen molar-refractivity contribution >= 4 is 22.0 Å². The zero-order chi connectivity index (χ0) is 22.9. The molecule has 0 amide bonds. The number of carbonyl (C=O) groups excluding carboxylic acids is 2. The SMILES string of the molecule is COC(=O)c1nn2c(c1C(=O)OC)CC(c1ccccc1)N(S(=O)(=O)c1ccccc1)C2. The average molecular weight is 455 g/mol. The van der Waals surface area contributed by atoms with Crippen molar-refractivity contribution in [3.63, 3.8) is 0 Å². The molecule has 0 saturated heterocycles. The number of carbonyl (C=O) groups is 2. The summed E-state index contributed by atoms with van der Waals surface area (Å²) in [5.41, 5.74) is 0.928. The molecule has 1 aromatic heterocycles. The molecule has 166 valence electrons. The van der Waals surface area contributed by atoms with E-state index in [0.29, 0.717) is 5.69 Å². The number of nitrogens with zero attached hydrogens (tertiary/aromatic N) is 3. The molecule has 1 atom stereocenters. The van der Waals surface area contributed by atoms with Crippen LogP contribution in [0, 0.1) is 0 Å². The van der Waals surface area contributed by atoms with E-state index in [1.54, 1.807) is 18.2 Å². The fraction of sp³-hybridized carbons (Fsp3) is 0.227. The standard InChI is InChI=1S/C22H21N3O6S/c1-30-21(26)19-18-13-17(15-9-5-3-6-10-15)25(14-24(18)23-20(19)22(27)31-2)32(28,29)16-11-7-4-8-12-16/h3-12,17H,13-14H2,1-2H3.